The summed E-state index contributed by atoms with van der Waals surface area (Å²) in [6, 6.07) is 3.14. The number of aromatic nitrogens is 2. The van der Waals surface area contributed by atoms with Crippen molar-refractivity contribution < 1.29 is 4.79 Å². The third kappa shape index (κ3) is 3.29. The van der Waals surface area contributed by atoms with Crippen LogP contribution in [0.3, 0.4) is 0 Å². The molecule has 0 spiro atoms. The maximum Gasteiger partial charge on any atom is 0.270 e. The zero-order chi connectivity index (χ0) is 13.8. The first kappa shape index (κ1) is 13.5. The molecule has 1 unspecified atom stereocenters. The van der Waals surface area contributed by atoms with Gasteiger partial charge in [-0.05, 0) is 25.5 Å². The van der Waals surface area contributed by atoms with E-state index in [4.69, 9.17) is 5.73 Å². The number of pyridine rings is 1. The van der Waals surface area contributed by atoms with E-state index < -0.39 is 0 Å². The van der Waals surface area contributed by atoms with Gasteiger partial charge in [0.15, 0.2) is 0 Å². The van der Waals surface area contributed by atoms with E-state index in [-0.39, 0.29) is 11.9 Å². The highest BCUT2D eigenvalue weighted by atomic mass is 32.1. The highest BCUT2D eigenvalue weighted by Crippen LogP contribution is 2.20. The average Bonchev–Trinajstić information content (AvgIpc) is 2.88. The molecule has 1 atom stereocenters. The van der Waals surface area contributed by atoms with E-state index in [1.54, 1.807) is 23.5 Å². The predicted molar refractivity (Wildman–Crippen MR) is 76.0 cm³/mol. The molecule has 0 saturated heterocycles. The molecule has 0 aliphatic rings. The van der Waals surface area contributed by atoms with Gasteiger partial charge in [0.1, 0.15) is 10.7 Å². The number of anilines is 1. The molecule has 2 rings (SSSR count). The maximum absolute atomic E-state index is 12.0. The quantitative estimate of drug-likeness (QED) is 0.896. The average molecular weight is 276 g/mol. The number of rotatable bonds is 4. The van der Waals surface area contributed by atoms with Gasteiger partial charge in [0.25, 0.3) is 5.91 Å². The molecule has 5 nitrogen and oxygen atoms in total. The second-order valence-corrected chi connectivity index (χ2v) is 5.34. The van der Waals surface area contributed by atoms with Gasteiger partial charge in [-0.3, -0.25) is 4.79 Å². The Morgan fingerprint density at radius 2 is 2.21 bits per heavy atom. The Kier molecular flexibility index (Phi) is 4.11. The maximum atomic E-state index is 12.0. The Morgan fingerprint density at radius 1 is 1.42 bits per heavy atom. The monoisotopic (exact) mass is 276 g/mol. The fourth-order valence-electron chi connectivity index (χ4n) is 1.56. The van der Waals surface area contributed by atoms with Crippen LogP contribution in [0.1, 0.15) is 40.3 Å². The number of hydrogen-bond donors (Lipinski definition) is 2. The number of aryl methyl sites for hydroxylation is 1. The van der Waals surface area contributed by atoms with Crippen molar-refractivity contribution in [2.45, 2.75) is 26.3 Å². The molecule has 0 aromatic carbocycles. The van der Waals surface area contributed by atoms with Crippen LogP contribution in [0.25, 0.3) is 0 Å². The lowest BCUT2D eigenvalue weighted by atomic mass is 10.3. The lowest BCUT2D eigenvalue weighted by molar-refractivity contribution is 0.0935. The summed E-state index contributed by atoms with van der Waals surface area (Å²) in [6.45, 7) is 3.99. The van der Waals surface area contributed by atoms with Crippen molar-refractivity contribution in [3.05, 3.63) is 40.1 Å². The number of nitrogens with two attached hydrogens (primary N) is 1. The predicted octanol–water partition coefficient (Wildman–Crippen LogP) is 2.17. The summed E-state index contributed by atoms with van der Waals surface area (Å²) in [5.74, 6) is -0.222. The van der Waals surface area contributed by atoms with Gasteiger partial charge in [-0.2, -0.15) is 0 Å². The first-order valence-corrected chi connectivity index (χ1v) is 6.88. The summed E-state index contributed by atoms with van der Waals surface area (Å²) in [7, 11) is 0. The number of amides is 1. The SMILES string of the molecule is CCc1cnc(C(C)NC(=O)c2ccc(N)cn2)s1. The van der Waals surface area contributed by atoms with E-state index in [0.29, 0.717) is 11.4 Å². The molecule has 0 bridgehead atoms. The van der Waals surface area contributed by atoms with Gasteiger partial charge in [0.05, 0.1) is 17.9 Å². The smallest absolute Gasteiger partial charge is 0.270 e. The van der Waals surface area contributed by atoms with E-state index in [2.05, 4.69) is 22.2 Å². The first-order chi connectivity index (χ1) is 9.10. The molecule has 0 saturated carbocycles. The first-order valence-electron chi connectivity index (χ1n) is 6.07. The fraction of sp³-hybridized carbons (Fsp3) is 0.308. The minimum Gasteiger partial charge on any atom is -0.397 e. The summed E-state index contributed by atoms with van der Waals surface area (Å²) in [5.41, 5.74) is 6.43. The fourth-order valence-corrected chi connectivity index (χ4v) is 2.42. The zero-order valence-corrected chi connectivity index (χ0v) is 11.7. The second kappa shape index (κ2) is 5.79. The van der Waals surface area contributed by atoms with E-state index in [1.807, 2.05) is 13.1 Å². The topological polar surface area (TPSA) is 80.9 Å². The van der Waals surface area contributed by atoms with Crippen molar-refractivity contribution in [1.82, 2.24) is 15.3 Å². The van der Waals surface area contributed by atoms with E-state index in [0.717, 1.165) is 11.4 Å². The molecule has 6 heteroatoms. The summed E-state index contributed by atoms with van der Waals surface area (Å²) < 4.78 is 0. The third-order valence-corrected chi connectivity index (χ3v) is 3.98. The Labute approximate surface area is 115 Å². The van der Waals surface area contributed by atoms with Crippen LogP contribution in [0, 0.1) is 0 Å². The van der Waals surface area contributed by atoms with Crippen LogP contribution in [-0.4, -0.2) is 15.9 Å². The highest BCUT2D eigenvalue weighted by molar-refractivity contribution is 7.11. The summed E-state index contributed by atoms with van der Waals surface area (Å²) in [4.78, 5) is 21.5. The Bertz CT molecular complexity index is 564. The number of nitrogens with zero attached hydrogens (tertiary/aromatic N) is 2. The van der Waals surface area contributed by atoms with Crippen molar-refractivity contribution in [3.63, 3.8) is 0 Å². The van der Waals surface area contributed by atoms with E-state index >= 15 is 0 Å². The van der Waals surface area contributed by atoms with Crippen molar-refractivity contribution in [2.75, 3.05) is 5.73 Å². The lowest BCUT2D eigenvalue weighted by Crippen LogP contribution is -2.27. The molecule has 0 radical (unpaired) electrons. The molecule has 0 aliphatic carbocycles. The van der Waals surface area contributed by atoms with Gasteiger partial charge in [-0.15, -0.1) is 11.3 Å². The molecule has 100 valence electrons. The van der Waals surface area contributed by atoms with Crippen LogP contribution in [0.15, 0.2) is 24.5 Å². The number of carbonyl (C=O) groups excluding carboxylic acids is 1. The highest BCUT2D eigenvalue weighted by Gasteiger charge is 2.15. The molecule has 1 amide bonds. The third-order valence-electron chi connectivity index (χ3n) is 2.66. The van der Waals surface area contributed by atoms with Crippen LogP contribution >= 0.6 is 11.3 Å². The van der Waals surface area contributed by atoms with E-state index in [1.165, 1.54) is 11.1 Å². The second-order valence-electron chi connectivity index (χ2n) is 4.19. The lowest BCUT2D eigenvalue weighted by Gasteiger charge is -2.10. The molecule has 19 heavy (non-hydrogen) atoms. The van der Waals surface area contributed by atoms with Crippen molar-refractivity contribution >= 4 is 22.9 Å². The summed E-state index contributed by atoms with van der Waals surface area (Å²) >= 11 is 1.61. The van der Waals surface area contributed by atoms with Gasteiger partial charge >= 0.3 is 0 Å². The minimum atomic E-state index is -0.222. The Balaban J connectivity index is 2.04. The van der Waals surface area contributed by atoms with Crippen LogP contribution in [-0.2, 0) is 6.42 Å². The van der Waals surface area contributed by atoms with Crippen molar-refractivity contribution in [2.24, 2.45) is 0 Å². The zero-order valence-electron chi connectivity index (χ0n) is 10.9. The molecule has 2 heterocycles. The Morgan fingerprint density at radius 3 is 2.79 bits per heavy atom. The van der Waals surface area contributed by atoms with E-state index in [9.17, 15) is 4.79 Å². The van der Waals surface area contributed by atoms with Gasteiger partial charge in [0, 0.05) is 11.1 Å². The number of carbonyl (C=O) groups is 1. The number of nitrogen functional groups attached to an aromatic ring is 1. The molecule has 0 aliphatic heterocycles. The van der Waals surface area contributed by atoms with Crippen LogP contribution < -0.4 is 11.1 Å². The summed E-state index contributed by atoms with van der Waals surface area (Å²) in [5, 5.41) is 3.78. The van der Waals surface area contributed by atoms with Crippen molar-refractivity contribution in [3.8, 4) is 0 Å². The number of nitrogens with one attached hydrogen (secondary N) is 1. The number of hydrogen-bond acceptors (Lipinski definition) is 5. The van der Waals surface area contributed by atoms with Crippen LogP contribution in [0.5, 0.6) is 0 Å². The summed E-state index contributed by atoms with van der Waals surface area (Å²) in [6.07, 6.45) is 4.28. The van der Waals surface area contributed by atoms with Crippen molar-refractivity contribution in [1.29, 1.82) is 0 Å². The normalized spacial score (nSPS) is 12.1. The van der Waals surface area contributed by atoms with Crippen LogP contribution in [0.4, 0.5) is 5.69 Å². The Hall–Kier alpha value is -1.95. The van der Waals surface area contributed by atoms with Gasteiger partial charge < -0.3 is 11.1 Å². The molecule has 2 aromatic rings. The molecular formula is C13H16N4OS. The molecule has 3 N–H and O–H groups in total. The van der Waals surface area contributed by atoms with Gasteiger partial charge in [0.2, 0.25) is 0 Å². The minimum absolute atomic E-state index is 0.128. The molecule has 2 aromatic heterocycles. The molecule has 0 fully saturated rings. The molecular weight excluding hydrogens is 260 g/mol. The van der Waals surface area contributed by atoms with Gasteiger partial charge in [-0.25, -0.2) is 9.97 Å². The largest absolute Gasteiger partial charge is 0.397 e. The number of thiazole rings is 1. The standard InChI is InChI=1S/C13H16N4OS/c1-3-10-7-16-13(19-10)8(2)17-12(18)11-5-4-9(14)6-15-11/h4-8H,3,14H2,1-2H3,(H,17,18). The van der Waals surface area contributed by atoms with Gasteiger partial charge in [-0.1, -0.05) is 6.92 Å². The van der Waals surface area contributed by atoms with Crippen LogP contribution in [0.2, 0.25) is 0 Å².